The summed E-state index contributed by atoms with van der Waals surface area (Å²) in [6, 6.07) is 1.62. The van der Waals surface area contributed by atoms with E-state index < -0.39 is 0 Å². The number of nitrogens with zero attached hydrogens (tertiary/aromatic N) is 3. The van der Waals surface area contributed by atoms with E-state index in [2.05, 4.69) is 15.3 Å². The summed E-state index contributed by atoms with van der Waals surface area (Å²) in [5, 5.41) is 3.21. The Bertz CT molecular complexity index is 383. The molecule has 6 heteroatoms. The third-order valence-electron chi connectivity index (χ3n) is 2.10. The number of hydrogen-bond acceptors (Lipinski definition) is 4. The summed E-state index contributed by atoms with van der Waals surface area (Å²) in [4.78, 5) is 21.1. The molecule has 0 aliphatic rings. The molecule has 0 saturated carbocycles. The third kappa shape index (κ3) is 4.99. The van der Waals surface area contributed by atoms with Gasteiger partial charge in [-0.25, -0.2) is 9.97 Å². The molecule has 1 N–H and O–H groups in total. The zero-order valence-electron chi connectivity index (χ0n) is 10.3. The van der Waals surface area contributed by atoms with Crippen molar-refractivity contribution >= 4 is 23.3 Å². The first kappa shape index (κ1) is 13.7. The number of carbonyl (C=O) groups is 1. The van der Waals surface area contributed by atoms with Crippen LogP contribution in [0.5, 0.6) is 0 Å². The van der Waals surface area contributed by atoms with Gasteiger partial charge in [-0.1, -0.05) is 25.4 Å². The molecule has 1 amide bonds. The number of nitrogens with one attached hydrogen (secondary N) is 1. The van der Waals surface area contributed by atoms with Gasteiger partial charge in [-0.15, -0.1) is 0 Å². The van der Waals surface area contributed by atoms with Crippen LogP contribution in [0.15, 0.2) is 12.4 Å². The van der Waals surface area contributed by atoms with Gasteiger partial charge >= 0.3 is 0 Å². The molecule has 0 saturated heterocycles. The predicted octanol–water partition coefficient (Wildman–Crippen LogP) is 1.34. The van der Waals surface area contributed by atoms with Crippen molar-refractivity contribution in [3.05, 3.63) is 17.5 Å². The van der Waals surface area contributed by atoms with Crippen molar-refractivity contribution in [2.24, 2.45) is 5.92 Å². The zero-order valence-corrected chi connectivity index (χ0v) is 11.0. The van der Waals surface area contributed by atoms with Crippen LogP contribution in [0.4, 0.5) is 5.82 Å². The highest BCUT2D eigenvalue weighted by Gasteiger charge is 2.09. The average molecular weight is 257 g/mol. The van der Waals surface area contributed by atoms with Crippen molar-refractivity contribution in [2.75, 3.05) is 25.0 Å². The number of likely N-dealkylation sites (N-methyl/N-ethyl adjacent to an activating group) is 1. The van der Waals surface area contributed by atoms with Gasteiger partial charge in [0.2, 0.25) is 5.91 Å². The Kier molecular flexibility index (Phi) is 5.15. The molecule has 17 heavy (non-hydrogen) atoms. The van der Waals surface area contributed by atoms with Gasteiger partial charge in [0.15, 0.2) is 0 Å². The zero-order chi connectivity index (χ0) is 12.8. The van der Waals surface area contributed by atoms with E-state index in [9.17, 15) is 4.79 Å². The van der Waals surface area contributed by atoms with Crippen molar-refractivity contribution in [1.82, 2.24) is 15.3 Å². The molecular formula is C11H17ClN4O. The van der Waals surface area contributed by atoms with Gasteiger partial charge < -0.3 is 10.2 Å². The predicted molar refractivity (Wildman–Crippen MR) is 68.2 cm³/mol. The summed E-state index contributed by atoms with van der Waals surface area (Å²) in [5.41, 5.74) is 0. The van der Waals surface area contributed by atoms with Crippen LogP contribution in [0.2, 0.25) is 5.15 Å². The van der Waals surface area contributed by atoms with Crippen molar-refractivity contribution in [2.45, 2.75) is 13.8 Å². The summed E-state index contributed by atoms with van der Waals surface area (Å²) < 4.78 is 0. The van der Waals surface area contributed by atoms with Gasteiger partial charge in [0.1, 0.15) is 17.3 Å². The molecule has 0 atom stereocenters. The van der Waals surface area contributed by atoms with Gasteiger partial charge in [0.05, 0.1) is 6.54 Å². The van der Waals surface area contributed by atoms with Crippen LogP contribution in [0, 0.1) is 5.92 Å². The molecule has 1 aromatic rings. The lowest BCUT2D eigenvalue weighted by molar-refractivity contribution is -0.119. The van der Waals surface area contributed by atoms with E-state index in [0.29, 0.717) is 23.4 Å². The number of aromatic nitrogens is 2. The normalized spacial score (nSPS) is 10.4. The fourth-order valence-corrected chi connectivity index (χ4v) is 1.34. The van der Waals surface area contributed by atoms with Crippen LogP contribution in [0.1, 0.15) is 13.8 Å². The van der Waals surface area contributed by atoms with Crippen LogP contribution in [-0.4, -0.2) is 36.0 Å². The van der Waals surface area contributed by atoms with E-state index in [1.165, 1.54) is 6.33 Å². The van der Waals surface area contributed by atoms with Crippen LogP contribution < -0.4 is 10.2 Å². The average Bonchev–Trinajstić information content (AvgIpc) is 2.26. The Morgan fingerprint density at radius 2 is 2.24 bits per heavy atom. The van der Waals surface area contributed by atoms with Gasteiger partial charge in [-0.3, -0.25) is 4.79 Å². The molecule has 1 rings (SSSR count). The largest absolute Gasteiger partial charge is 0.354 e. The Hall–Kier alpha value is -1.36. The lowest BCUT2D eigenvalue weighted by Gasteiger charge is -2.17. The first-order chi connectivity index (χ1) is 7.99. The minimum atomic E-state index is -0.0315. The lowest BCUT2D eigenvalue weighted by atomic mass is 10.2. The second-order valence-corrected chi connectivity index (χ2v) is 4.64. The maximum Gasteiger partial charge on any atom is 0.239 e. The number of rotatable bonds is 5. The topological polar surface area (TPSA) is 58.1 Å². The molecule has 0 aliphatic carbocycles. The van der Waals surface area contributed by atoms with E-state index in [-0.39, 0.29) is 12.5 Å². The van der Waals surface area contributed by atoms with Crippen molar-refractivity contribution in [3.8, 4) is 0 Å². The molecule has 0 aliphatic heterocycles. The summed E-state index contributed by atoms with van der Waals surface area (Å²) in [7, 11) is 1.79. The molecule has 1 aromatic heterocycles. The second-order valence-electron chi connectivity index (χ2n) is 4.25. The van der Waals surface area contributed by atoms with Gasteiger partial charge in [0, 0.05) is 19.7 Å². The minimum Gasteiger partial charge on any atom is -0.354 e. The minimum absolute atomic E-state index is 0.0315. The SMILES string of the molecule is CC(C)CNC(=O)CN(C)c1cc(Cl)ncn1. The Balaban J connectivity index is 2.48. The summed E-state index contributed by atoms with van der Waals surface area (Å²) in [6.45, 7) is 5.03. The van der Waals surface area contributed by atoms with E-state index >= 15 is 0 Å². The van der Waals surface area contributed by atoms with E-state index in [0.717, 1.165) is 0 Å². The maximum atomic E-state index is 11.6. The van der Waals surface area contributed by atoms with Gasteiger partial charge in [0.25, 0.3) is 0 Å². The number of anilines is 1. The third-order valence-corrected chi connectivity index (χ3v) is 2.31. The van der Waals surface area contributed by atoms with Crippen LogP contribution >= 0.6 is 11.6 Å². The number of hydrogen-bond donors (Lipinski definition) is 1. The van der Waals surface area contributed by atoms with Crippen LogP contribution in [-0.2, 0) is 4.79 Å². The maximum absolute atomic E-state index is 11.6. The first-order valence-electron chi connectivity index (χ1n) is 5.44. The Labute approximate surface area is 106 Å². The fourth-order valence-electron chi connectivity index (χ4n) is 1.20. The van der Waals surface area contributed by atoms with E-state index in [1.54, 1.807) is 18.0 Å². The molecule has 0 spiro atoms. The molecule has 0 bridgehead atoms. The number of halogens is 1. The molecule has 0 aromatic carbocycles. The summed E-state index contributed by atoms with van der Waals surface area (Å²) in [5.74, 6) is 1.04. The second kappa shape index (κ2) is 6.39. The highest BCUT2D eigenvalue weighted by Crippen LogP contribution is 2.11. The molecule has 0 radical (unpaired) electrons. The molecule has 0 fully saturated rings. The summed E-state index contributed by atoms with van der Waals surface area (Å²) >= 11 is 5.75. The smallest absolute Gasteiger partial charge is 0.239 e. The monoisotopic (exact) mass is 256 g/mol. The highest BCUT2D eigenvalue weighted by atomic mass is 35.5. The molecule has 0 unspecified atom stereocenters. The molecule has 94 valence electrons. The van der Waals surface area contributed by atoms with Crippen molar-refractivity contribution < 1.29 is 4.79 Å². The molecule has 1 heterocycles. The number of amides is 1. The highest BCUT2D eigenvalue weighted by molar-refractivity contribution is 6.29. The van der Waals surface area contributed by atoms with E-state index in [4.69, 9.17) is 11.6 Å². The lowest BCUT2D eigenvalue weighted by Crippen LogP contribution is -2.37. The van der Waals surface area contributed by atoms with Gasteiger partial charge in [-0.2, -0.15) is 0 Å². The Morgan fingerprint density at radius 3 is 2.82 bits per heavy atom. The first-order valence-corrected chi connectivity index (χ1v) is 5.82. The standard InChI is InChI=1S/C11H17ClN4O/c1-8(2)5-13-11(17)6-16(3)10-4-9(12)14-7-15-10/h4,7-8H,5-6H2,1-3H3,(H,13,17). The Morgan fingerprint density at radius 1 is 1.53 bits per heavy atom. The molecule has 5 nitrogen and oxygen atoms in total. The number of carbonyl (C=O) groups excluding carboxylic acids is 1. The van der Waals surface area contributed by atoms with Crippen molar-refractivity contribution in [1.29, 1.82) is 0 Å². The van der Waals surface area contributed by atoms with E-state index in [1.807, 2.05) is 13.8 Å². The summed E-state index contributed by atoms with van der Waals surface area (Å²) in [6.07, 6.45) is 1.38. The van der Waals surface area contributed by atoms with Gasteiger partial charge in [-0.05, 0) is 5.92 Å². The fraction of sp³-hybridized carbons (Fsp3) is 0.545. The quantitative estimate of drug-likeness (QED) is 0.808. The van der Waals surface area contributed by atoms with Crippen LogP contribution in [0.3, 0.4) is 0 Å². The van der Waals surface area contributed by atoms with Crippen molar-refractivity contribution in [3.63, 3.8) is 0 Å². The van der Waals surface area contributed by atoms with Crippen LogP contribution in [0.25, 0.3) is 0 Å². The molecular weight excluding hydrogens is 240 g/mol.